The van der Waals surface area contributed by atoms with Crippen LogP contribution in [0.15, 0.2) is 36.8 Å². The molecule has 0 N–H and O–H groups in total. The average molecular weight is 325 g/mol. The molecule has 24 heavy (non-hydrogen) atoms. The highest BCUT2D eigenvalue weighted by molar-refractivity contribution is 5.92. The molecule has 6 heteroatoms. The number of likely N-dealkylation sites (tertiary alicyclic amines) is 2. The van der Waals surface area contributed by atoms with Crippen LogP contribution in [0.25, 0.3) is 0 Å². The van der Waals surface area contributed by atoms with Crippen molar-refractivity contribution in [3.63, 3.8) is 0 Å². The van der Waals surface area contributed by atoms with E-state index in [1.807, 2.05) is 30.2 Å². The van der Waals surface area contributed by atoms with E-state index in [9.17, 15) is 4.79 Å². The van der Waals surface area contributed by atoms with Crippen LogP contribution in [-0.4, -0.2) is 56.1 Å². The fourth-order valence-electron chi connectivity index (χ4n) is 3.93. The molecule has 0 aromatic carbocycles. The van der Waals surface area contributed by atoms with E-state index in [-0.39, 0.29) is 5.91 Å². The molecule has 2 atom stereocenters. The second-order valence-electron chi connectivity index (χ2n) is 6.69. The predicted molar refractivity (Wildman–Crippen MR) is 90.3 cm³/mol. The molecule has 126 valence electrons. The molecule has 0 bridgehead atoms. The molecule has 2 fully saturated rings. The van der Waals surface area contributed by atoms with Gasteiger partial charge in [0.15, 0.2) is 0 Å². The van der Waals surface area contributed by atoms with Crippen LogP contribution < -0.4 is 0 Å². The highest BCUT2D eigenvalue weighted by Crippen LogP contribution is 2.34. The van der Waals surface area contributed by atoms with Crippen molar-refractivity contribution >= 4 is 5.91 Å². The third kappa shape index (κ3) is 2.71. The van der Waals surface area contributed by atoms with Gasteiger partial charge in [0.1, 0.15) is 5.69 Å². The number of pyridine rings is 1. The Labute approximate surface area is 142 Å². The van der Waals surface area contributed by atoms with Gasteiger partial charge in [-0.2, -0.15) is 5.10 Å². The molecule has 0 spiro atoms. The first-order chi connectivity index (χ1) is 11.8. The van der Waals surface area contributed by atoms with E-state index in [2.05, 4.69) is 21.0 Å². The molecule has 2 saturated heterocycles. The lowest BCUT2D eigenvalue weighted by molar-refractivity contribution is -0.0430. The lowest BCUT2D eigenvalue weighted by Crippen LogP contribution is -2.64. The zero-order chi connectivity index (χ0) is 16.5. The average Bonchev–Trinajstić information content (AvgIpc) is 3.09. The van der Waals surface area contributed by atoms with E-state index in [4.69, 9.17) is 0 Å². The van der Waals surface area contributed by atoms with Crippen LogP contribution in [0.1, 0.15) is 29.4 Å². The summed E-state index contributed by atoms with van der Waals surface area (Å²) in [6, 6.07) is 6.40. The van der Waals surface area contributed by atoms with E-state index in [1.165, 1.54) is 5.56 Å². The highest BCUT2D eigenvalue weighted by atomic mass is 16.2. The van der Waals surface area contributed by atoms with Crippen LogP contribution in [0.5, 0.6) is 0 Å². The van der Waals surface area contributed by atoms with Crippen LogP contribution in [0.3, 0.4) is 0 Å². The molecule has 2 aliphatic rings. The largest absolute Gasteiger partial charge is 0.336 e. The Balaban J connectivity index is 1.42. The fraction of sp³-hybridized carbons (Fsp3) is 0.500. The minimum absolute atomic E-state index is 0.112. The number of hydrogen-bond donors (Lipinski definition) is 0. The van der Waals surface area contributed by atoms with E-state index in [0.717, 1.165) is 45.1 Å². The monoisotopic (exact) mass is 325 g/mol. The van der Waals surface area contributed by atoms with Crippen LogP contribution in [0.2, 0.25) is 0 Å². The number of fused-ring (bicyclic) bond motifs is 1. The molecule has 0 radical (unpaired) electrons. The Hall–Kier alpha value is -2.21. The topological polar surface area (TPSA) is 54.3 Å². The van der Waals surface area contributed by atoms with E-state index in [1.54, 1.807) is 17.1 Å². The van der Waals surface area contributed by atoms with Crippen molar-refractivity contribution in [3.05, 3.63) is 48.0 Å². The zero-order valence-electron chi connectivity index (χ0n) is 14.0. The first-order valence-electron chi connectivity index (χ1n) is 8.70. The minimum atomic E-state index is 0.112. The van der Waals surface area contributed by atoms with Gasteiger partial charge in [-0.3, -0.25) is 19.4 Å². The summed E-state index contributed by atoms with van der Waals surface area (Å²) in [6.07, 6.45) is 6.54. The van der Waals surface area contributed by atoms with Crippen molar-refractivity contribution in [2.75, 3.05) is 19.6 Å². The number of carbonyl (C=O) groups is 1. The fourth-order valence-corrected chi connectivity index (χ4v) is 3.93. The van der Waals surface area contributed by atoms with Gasteiger partial charge in [-0.25, -0.2) is 0 Å². The van der Waals surface area contributed by atoms with Gasteiger partial charge in [-0.1, -0.05) is 6.07 Å². The SMILES string of the molecule is CCn1nccc1C(=O)N1CC[C@@H]2CN(Cc3cccnc3)[C@@H]2C1. The van der Waals surface area contributed by atoms with Gasteiger partial charge in [0, 0.05) is 57.4 Å². The second kappa shape index (κ2) is 6.36. The number of rotatable bonds is 4. The molecule has 2 aromatic heterocycles. The summed E-state index contributed by atoms with van der Waals surface area (Å²) < 4.78 is 1.78. The Morgan fingerprint density at radius 3 is 3.00 bits per heavy atom. The predicted octanol–water partition coefficient (Wildman–Crippen LogP) is 1.64. The quantitative estimate of drug-likeness (QED) is 0.858. The van der Waals surface area contributed by atoms with Gasteiger partial charge in [0.25, 0.3) is 5.91 Å². The van der Waals surface area contributed by atoms with Gasteiger partial charge in [-0.05, 0) is 37.0 Å². The third-order valence-electron chi connectivity index (χ3n) is 5.29. The number of aromatic nitrogens is 3. The molecular formula is C18H23N5O. The van der Waals surface area contributed by atoms with E-state index >= 15 is 0 Å². The Morgan fingerprint density at radius 1 is 1.29 bits per heavy atom. The van der Waals surface area contributed by atoms with Crippen LogP contribution >= 0.6 is 0 Å². The van der Waals surface area contributed by atoms with Crippen molar-refractivity contribution < 1.29 is 4.79 Å². The van der Waals surface area contributed by atoms with Crippen molar-refractivity contribution in [2.24, 2.45) is 5.92 Å². The molecule has 0 aliphatic carbocycles. The molecule has 0 saturated carbocycles. The summed E-state index contributed by atoms with van der Waals surface area (Å²) in [5.74, 6) is 0.836. The van der Waals surface area contributed by atoms with Gasteiger partial charge < -0.3 is 4.90 Å². The van der Waals surface area contributed by atoms with Crippen molar-refractivity contribution in [2.45, 2.75) is 32.5 Å². The van der Waals surface area contributed by atoms with E-state index in [0.29, 0.717) is 11.7 Å². The lowest BCUT2D eigenvalue weighted by Gasteiger charge is -2.53. The molecular weight excluding hydrogens is 302 g/mol. The van der Waals surface area contributed by atoms with Gasteiger partial charge in [0.05, 0.1) is 0 Å². The van der Waals surface area contributed by atoms with Gasteiger partial charge >= 0.3 is 0 Å². The summed E-state index contributed by atoms with van der Waals surface area (Å²) in [7, 11) is 0. The zero-order valence-corrected chi connectivity index (χ0v) is 14.0. The van der Waals surface area contributed by atoms with Gasteiger partial charge in [-0.15, -0.1) is 0 Å². The maximum Gasteiger partial charge on any atom is 0.272 e. The molecule has 2 aromatic rings. The standard InChI is InChI=1S/C18H23N5O/c1-2-23-16(5-8-20-23)18(24)21-9-6-15-12-22(17(15)13-21)11-14-4-3-7-19-10-14/h3-5,7-8,10,15,17H,2,6,9,11-13H2,1H3/t15-,17-/m1/s1. The molecule has 6 nitrogen and oxygen atoms in total. The maximum atomic E-state index is 12.8. The number of aryl methyl sites for hydroxylation is 1. The van der Waals surface area contributed by atoms with Crippen LogP contribution in [0, 0.1) is 5.92 Å². The Bertz CT molecular complexity index is 713. The van der Waals surface area contributed by atoms with Crippen LogP contribution in [0.4, 0.5) is 0 Å². The number of amides is 1. The minimum Gasteiger partial charge on any atom is -0.336 e. The molecule has 4 rings (SSSR count). The lowest BCUT2D eigenvalue weighted by atomic mass is 9.82. The summed E-state index contributed by atoms with van der Waals surface area (Å²) in [5, 5.41) is 4.22. The molecule has 0 unspecified atom stereocenters. The molecule has 2 aliphatic heterocycles. The number of carbonyl (C=O) groups excluding carboxylic acids is 1. The summed E-state index contributed by atoms with van der Waals surface area (Å²) in [6.45, 7) is 6.46. The van der Waals surface area contributed by atoms with Gasteiger partial charge in [0.2, 0.25) is 0 Å². The number of nitrogens with zero attached hydrogens (tertiary/aromatic N) is 5. The molecule has 4 heterocycles. The highest BCUT2D eigenvalue weighted by Gasteiger charge is 2.43. The van der Waals surface area contributed by atoms with Crippen LogP contribution in [-0.2, 0) is 13.1 Å². The summed E-state index contributed by atoms with van der Waals surface area (Å²) >= 11 is 0. The third-order valence-corrected chi connectivity index (χ3v) is 5.29. The molecule has 1 amide bonds. The smallest absolute Gasteiger partial charge is 0.272 e. The number of piperidine rings is 1. The van der Waals surface area contributed by atoms with Crippen molar-refractivity contribution in [1.29, 1.82) is 0 Å². The Kier molecular flexibility index (Phi) is 4.06. The first-order valence-corrected chi connectivity index (χ1v) is 8.70. The van der Waals surface area contributed by atoms with Crippen molar-refractivity contribution in [1.82, 2.24) is 24.6 Å². The normalized spacial score (nSPS) is 23.6. The summed E-state index contributed by atoms with van der Waals surface area (Å²) in [5.41, 5.74) is 1.94. The maximum absolute atomic E-state index is 12.8. The second-order valence-corrected chi connectivity index (χ2v) is 6.69. The first kappa shape index (κ1) is 15.3. The van der Waals surface area contributed by atoms with E-state index < -0.39 is 0 Å². The van der Waals surface area contributed by atoms with Crippen molar-refractivity contribution in [3.8, 4) is 0 Å². The number of hydrogen-bond acceptors (Lipinski definition) is 4. The summed E-state index contributed by atoms with van der Waals surface area (Å²) in [4.78, 5) is 21.5. The Morgan fingerprint density at radius 2 is 2.21 bits per heavy atom.